The van der Waals surface area contributed by atoms with E-state index in [0.717, 1.165) is 22.2 Å². The van der Waals surface area contributed by atoms with Crippen molar-refractivity contribution in [2.45, 2.75) is 0 Å². The summed E-state index contributed by atoms with van der Waals surface area (Å²) in [6.45, 7) is 0. The molecule has 0 radical (unpaired) electrons. The number of aromatic nitrogens is 3. The molecule has 0 bridgehead atoms. The van der Waals surface area contributed by atoms with E-state index in [0.29, 0.717) is 28.9 Å². The number of nitrogens with one attached hydrogen (secondary N) is 1. The van der Waals surface area contributed by atoms with E-state index in [-0.39, 0.29) is 0 Å². The lowest BCUT2D eigenvalue weighted by Crippen LogP contribution is -2.01. The van der Waals surface area contributed by atoms with Gasteiger partial charge in [-0.2, -0.15) is 0 Å². The van der Waals surface area contributed by atoms with Crippen LogP contribution >= 0.6 is 0 Å². The van der Waals surface area contributed by atoms with Gasteiger partial charge in [0.2, 0.25) is 5.75 Å². The molecule has 7 heteroatoms. The Morgan fingerprint density at radius 1 is 0.828 bits per heavy atom. The molecule has 2 aromatic heterocycles. The van der Waals surface area contributed by atoms with Gasteiger partial charge in [-0.05, 0) is 24.3 Å². The normalized spacial score (nSPS) is 10.6. The highest BCUT2D eigenvalue weighted by Gasteiger charge is 2.15. The van der Waals surface area contributed by atoms with E-state index < -0.39 is 0 Å². The molecule has 146 valence electrons. The third kappa shape index (κ3) is 3.62. The molecular weight excluding hydrogens is 368 g/mol. The Morgan fingerprint density at radius 2 is 1.59 bits per heavy atom. The summed E-state index contributed by atoms with van der Waals surface area (Å²) in [4.78, 5) is 13.6. The zero-order chi connectivity index (χ0) is 20.2. The van der Waals surface area contributed by atoms with Gasteiger partial charge >= 0.3 is 0 Å². The first-order chi connectivity index (χ1) is 14.2. The van der Waals surface area contributed by atoms with E-state index in [1.54, 1.807) is 33.7 Å². The van der Waals surface area contributed by atoms with Crippen molar-refractivity contribution in [1.29, 1.82) is 0 Å². The van der Waals surface area contributed by atoms with Crippen molar-refractivity contribution < 1.29 is 14.2 Å². The van der Waals surface area contributed by atoms with Crippen LogP contribution in [0.1, 0.15) is 0 Å². The minimum Gasteiger partial charge on any atom is -0.493 e. The maximum absolute atomic E-state index is 5.45. The second kappa shape index (κ2) is 8.02. The van der Waals surface area contributed by atoms with Gasteiger partial charge in [0.05, 0.1) is 26.8 Å². The first-order valence-electron chi connectivity index (χ1n) is 8.97. The molecule has 0 spiro atoms. The van der Waals surface area contributed by atoms with E-state index >= 15 is 0 Å². The third-order valence-corrected chi connectivity index (χ3v) is 4.45. The summed E-state index contributed by atoms with van der Waals surface area (Å²) in [5, 5.41) is 4.27. The molecule has 0 amide bonds. The molecule has 4 aromatic rings. The summed E-state index contributed by atoms with van der Waals surface area (Å²) >= 11 is 0. The number of para-hydroxylation sites is 1. The predicted octanol–water partition coefficient (Wildman–Crippen LogP) is 4.46. The summed E-state index contributed by atoms with van der Waals surface area (Å²) in [5.41, 5.74) is 2.42. The summed E-state index contributed by atoms with van der Waals surface area (Å²) < 4.78 is 16.3. The van der Waals surface area contributed by atoms with Crippen LogP contribution < -0.4 is 19.5 Å². The monoisotopic (exact) mass is 388 g/mol. The van der Waals surface area contributed by atoms with Crippen molar-refractivity contribution >= 4 is 22.4 Å². The number of nitrogens with zero attached hydrogens (tertiary/aromatic N) is 3. The maximum Gasteiger partial charge on any atom is 0.203 e. The molecule has 7 nitrogen and oxygen atoms in total. The Kier molecular flexibility index (Phi) is 5.11. The molecule has 2 aromatic carbocycles. The Balaban J connectivity index is 1.84. The van der Waals surface area contributed by atoms with Crippen molar-refractivity contribution in [2.75, 3.05) is 26.6 Å². The van der Waals surface area contributed by atoms with Crippen LogP contribution in [0.5, 0.6) is 17.2 Å². The van der Waals surface area contributed by atoms with Gasteiger partial charge in [0.1, 0.15) is 5.82 Å². The van der Waals surface area contributed by atoms with Crippen LogP contribution in [0.4, 0.5) is 11.5 Å². The van der Waals surface area contributed by atoms with E-state index in [1.165, 1.54) is 0 Å². The molecule has 1 N–H and O–H groups in total. The molecule has 0 fully saturated rings. The lowest BCUT2D eigenvalue weighted by atomic mass is 10.2. The van der Waals surface area contributed by atoms with Crippen LogP contribution in [0.25, 0.3) is 22.3 Å². The van der Waals surface area contributed by atoms with Gasteiger partial charge in [-0.1, -0.05) is 12.1 Å². The van der Waals surface area contributed by atoms with E-state index in [9.17, 15) is 0 Å². The van der Waals surface area contributed by atoms with Crippen LogP contribution in [0.3, 0.4) is 0 Å². The largest absolute Gasteiger partial charge is 0.493 e. The molecule has 0 aliphatic heterocycles. The summed E-state index contributed by atoms with van der Waals surface area (Å²) in [6, 6.07) is 15.3. The molecule has 0 saturated heterocycles. The van der Waals surface area contributed by atoms with Gasteiger partial charge in [-0.3, -0.25) is 4.98 Å². The number of methoxy groups -OCH3 is 3. The smallest absolute Gasteiger partial charge is 0.203 e. The molecule has 29 heavy (non-hydrogen) atoms. The van der Waals surface area contributed by atoms with Gasteiger partial charge in [0.25, 0.3) is 0 Å². The highest BCUT2D eigenvalue weighted by molar-refractivity contribution is 5.92. The van der Waals surface area contributed by atoms with Crippen LogP contribution in [0.2, 0.25) is 0 Å². The molecule has 0 aliphatic rings. The molecule has 0 atom stereocenters. The van der Waals surface area contributed by atoms with Crippen LogP contribution in [0.15, 0.2) is 60.9 Å². The quantitative estimate of drug-likeness (QED) is 0.522. The van der Waals surface area contributed by atoms with Crippen LogP contribution in [-0.4, -0.2) is 36.3 Å². The highest BCUT2D eigenvalue weighted by Crippen LogP contribution is 2.41. The van der Waals surface area contributed by atoms with Crippen LogP contribution in [-0.2, 0) is 0 Å². The number of pyridine rings is 1. The van der Waals surface area contributed by atoms with Gasteiger partial charge in [0.15, 0.2) is 17.3 Å². The molecule has 2 heterocycles. The fourth-order valence-electron chi connectivity index (χ4n) is 3.09. The van der Waals surface area contributed by atoms with Gasteiger partial charge in [-0.25, -0.2) is 9.97 Å². The second-order valence-corrected chi connectivity index (χ2v) is 6.19. The van der Waals surface area contributed by atoms with E-state index in [1.807, 2.05) is 48.5 Å². The average molecular weight is 388 g/mol. The maximum atomic E-state index is 5.45. The Labute approximate surface area is 168 Å². The third-order valence-electron chi connectivity index (χ3n) is 4.45. The minimum atomic E-state index is 0.532. The second-order valence-electron chi connectivity index (χ2n) is 6.19. The summed E-state index contributed by atoms with van der Waals surface area (Å²) in [7, 11) is 4.74. The van der Waals surface area contributed by atoms with Crippen molar-refractivity contribution in [3.63, 3.8) is 0 Å². The van der Waals surface area contributed by atoms with Gasteiger partial charge in [-0.15, -0.1) is 0 Å². The zero-order valence-electron chi connectivity index (χ0n) is 16.3. The molecule has 0 unspecified atom stereocenters. The minimum absolute atomic E-state index is 0.532. The predicted molar refractivity (Wildman–Crippen MR) is 112 cm³/mol. The van der Waals surface area contributed by atoms with E-state index in [4.69, 9.17) is 19.2 Å². The van der Waals surface area contributed by atoms with E-state index in [2.05, 4.69) is 15.3 Å². The molecular formula is C22H20N4O3. The van der Waals surface area contributed by atoms with Crippen LogP contribution in [0, 0.1) is 0 Å². The topological polar surface area (TPSA) is 78.4 Å². The summed E-state index contributed by atoms with van der Waals surface area (Å²) in [6.07, 6.45) is 3.47. The first kappa shape index (κ1) is 18.5. The first-order valence-corrected chi connectivity index (χ1v) is 8.97. The number of hydrogen-bond donors (Lipinski definition) is 1. The standard InChI is InChI=1S/C22H20N4O3/c1-27-18-11-15(12-19(28-2)20(18)29-3)24-22-16-8-4-5-9-17(16)25-21(26-22)14-7-6-10-23-13-14/h4-13H,1-3H3,(H,24,25,26). The fourth-order valence-corrected chi connectivity index (χ4v) is 3.09. The Morgan fingerprint density at radius 3 is 2.24 bits per heavy atom. The lowest BCUT2D eigenvalue weighted by molar-refractivity contribution is 0.324. The fraction of sp³-hybridized carbons (Fsp3) is 0.136. The lowest BCUT2D eigenvalue weighted by Gasteiger charge is -2.16. The van der Waals surface area contributed by atoms with Gasteiger partial charge < -0.3 is 19.5 Å². The van der Waals surface area contributed by atoms with Crippen molar-refractivity contribution in [3.8, 4) is 28.6 Å². The molecule has 0 saturated carbocycles. The summed E-state index contributed by atoms with van der Waals surface area (Å²) in [5.74, 6) is 2.90. The SMILES string of the molecule is COc1cc(Nc2nc(-c3cccnc3)nc3ccccc23)cc(OC)c1OC. The average Bonchev–Trinajstić information content (AvgIpc) is 2.78. The number of fused-ring (bicyclic) bond motifs is 1. The number of ether oxygens (including phenoxy) is 3. The number of benzene rings is 2. The van der Waals surface area contributed by atoms with Crippen molar-refractivity contribution in [2.24, 2.45) is 0 Å². The Bertz CT molecular complexity index is 1120. The van der Waals surface area contributed by atoms with Gasteiger partial charge in [0, 0.05) is 41.2 Å². The number of anilines is 2. The number of rotatable bonds is 6. The molecule has 0 aliphatic carbocycles. The number of hydrogen-bond acceptors (Lipinski definition) is 7. The zero-order valence-corrected chi connectivity index (χ0v) is 16.3. The van der Waals surface area contributed by atoms with Crippen molar-refractivity contribution in [1.82, 2.24) is 15.0 Å². The Hall–Kier alpha value is -3.87. The highest BCUT2D eigenvalue weighted by atomic mass is 16.5. The van der Waals surface area contributed by atoms with Crippen molar-refractivity contribution in [3.05, 3.63) is 60.9 Å². The molecule has 4 rings (SSSR count).